The predicted octanol–water partition coefficient (Wildman–Crippen LogP) is 2.76. The summed E-state index contributed by atoms with van der Waals surface area (Å²) >= 11 is 0. The summed E-state index contributed by atoms with van der Waals surface area (Å²) in [6, 6.07) is 12.2. The van der Waals surface area contributed by atoms with Crippen LogP contribution in [0.4, 0.5) is 4.39 Å². The van der Waals surface area contributed by atoms with E-state index in [0.717, 1.165) is 16.9 Å². The lowest BCUT2D eigenvalue weighted by Crippen LogP contribution is -2.25. The van der Waals surface area contributed by atoms with Gasteiger partial charge in [-0.05, 0) is 36.2 Å². The lowest BCUT2D eigenvalue weighted by Gasteiger charge is -2.04. The molecule has 0 aliphatic carbocycles. The van der Waals surface area contributed by atoms with Crippen molar-refractivity contribution in [1.29, 1.82) is 0 Å². The van der Waals surface area contributed by atoms with Gasteiger partial charge in [-0.3, -0.25) is 4.79 Å². The molecule has 1 aromatic carbocycles. The number of hydrogen-bond acceptors (Lipinski definition) is 2. The Morgan fingerprint density at radius 1 is 1.17 bits per heavy atom. The van der Waals surface area contributed by atoms with Crippen LogP contribution in [0.15, 0.2) is 54.9 Å². The highest BCUT2D eigenvalue weighted by Gasteiger charge is 2.05. The zero-order chi connectivity index (χ0) is 16.1. The molecule has 0 radical (unpaired) electrons. The fraction of sp³-hybridized carbons (Fsp3) is 0.222. The molecule has 4 nitrogen and oxygen atoms in total. The number of aromatic nitrogens is 2. The Bertz CT molecular complexity index is 780. The average Bonchev–Trinajstić information content (AvgIpc) is 2.96. The van der Waals surface area contributed by atoms with E-state index in [4.69, 9.17) is 0 Å². The van der Waals surface area contributed by atoms with Crippen LogP contribution in [0.3, 0.4) is 0 Å². The van der Waals surface area contributed by atoms with Crippen LogP contribution in [0.25, 0.3) is 5.65 Å². The van der Waals surface area contributed by atoms with Gasteiger partial charge in [0, 0.05) is 31.8 Å². The number of carbonyl (C=O) groups is 1. The molecule has 0 fully saturated rings. The third-order valence-electron chi connectivity index (χ3n) is 3.65. The van der Waals surface area contributed by atoms with Gasteiger partial charge in [0.15, 0.2) is 0 Å². The predicted molar refractivity (Wildman–Crippen MR) is 86.6 cm³/mol. The molecule has 23 heavy (non-hydrogen) atoms. The first-order chi connectivity index (χ1) is 11.2. The zero-order valence-electron chi connectivity index (χ0n) is 12.7. The molecule has 0 spiro atoms. The number of rotatable bonds is 6. The van der Waals surface area contributed by atoms with Gasteiger partial charge >= 0.3 is 0 Å². The lowest BCUT2D eigenvalue weighted by molar-refractivity contribution is -0.121. The molecule has 0 atom stereocenters. The minimum Gasteiger partial charge on any atom is -0.356 e. The van der Waals surface area contributed by atoms with E-state index in [2.05, 4.69) is 10.3 Å². The molecule has 1 N–H and O–H groups in total. The van der Waals surface area contributed by atoms with E-state index in [-0.39, 0.29) is 11.7 Å². The first-order valence-electron chi connectivity index (χ1n) is 7.64. The van der Waals surface area contributed by atoms with Gasteiger partial charge in [-0.25, -0.2) is 9.37 Å². The summed E-state index contributed by atoms with van der Waals surface area (Å²) in [6.07, 6.45) is 5.50. The monoisotopic (exact) mass is 311 g/mol. The number of amides is 1. The number of hydrogen-bond donors (Lipinski definition) is 1. The van der Waals surface area contributed by atoms with E-state index in [9.17, 15) is 9.18 Å². The molecule has 1 amide bonds. The molecule has 2 aromatic heterocycles. The van der Waals surface area contributed by atoms with Crippen LogP contribution in [0.5, 0.6) is 0 Å². The van der Waals surface area contributed by atoms with Gasteiger partial charge < -0.3 is 9.72 Å². The molecule has 0 saturated carbocycles. The Hall–Kier alpha value is -2.69. The molecule has 118 valence electrons. The topological polar surface area (TPSA) is 46.4 Å². The third kappa shape index (κ3) is 4.16. The summed E-state index contributed by atoms with van der Waals surface area (Å²) in [4.78, 5) is 16.3. The quantitative estimate of drug-likeness (QED) is 0.761. The van der Waals surface area contributed by atoms with Crippen LogP contribution < -0.4 is 5.32 Å². The van der Waals surface area contributed by atoms with Crippen molar-refractivity contribution >= 4 is 11.6 Å². The molecule has 0 aliphatic heterocycles. The van der Waals surface area contributed by atoms with Gasteiger partial charge in [0.25, 0.3) is 0 Å². The summed E-state index contributed by atoms with van der Waals surface area (Å²) in [5.41, 5.74) is 2.68. The second-order valence-electron chi connectivity index (χ2n) is 5.43. The number of nitrogens with zero attached hydrogens (tertiary/aromatic N) is 2. The highest BCUT2D eigenvalue weighted by molar-refractivity contribution is 5.76. The zero-order valence-corrected chi connectivity index (χ0v) is 12.7. The van der Waals surface area contributed by atoms with E-state index >= 15 is 0 Å². The number of benzene rings is 1. The van der Waals surface area contributed by atoms with Crippen molar-refractivity contribution in [3.8, 4) is 0 Å². The van der Waals surface area contributed by atoms with Crippen LogP contribution in [0, 0.1) is 5.82 Å². The normalized spacial score (nSPS) is 10.8. The van der Waals surface area contributed by atoms with Crippen molar-refractivity contribution in [3.63, 3.8) is 0 Å². The molecule has 0 bridgehead atoms. The second-order valence-corrected chi connectivity index (χ2v) is 5.43. The standard InChI is InChI=1S/C18H18FN3O/c19-15-5-3-4-14(12-15)7-8-18(23)20-10-9-16-13-22-11-2-1-6-17(22)21-16/h1-6,11-13H,7-10H2,(H,20,23). The highest BCUT2D eigenvalue weighted by Crippen LogP contribution is 2.07. The van der Waals surface area contributed by atoms with Gasteiger partial charge in [0.2, 0.25) is 5.91 Å². The second kappa shape index (κ2) is 7.05. The number of fused-ring (bicyclic) bond motifs is 1. The Morgan fingerprint density at radius 3 is 2.91 bits per heavy atom. The maximum Gasteiger partial charge on any atom is 0.220 e. The van der Waals surface area contributed by atoms with Crippen molar-refractivity contribution in [2.75, 3.05) is 6.54 Å². The Labute approximate surface area is 134 Å². The smallest absolute Gasteiger partial charge is 0.220 e. The fourth-order valence-electron chi connectivity index (χ4n) is 2.48. The van der Waals surface area contributed by atoms with E-state index in [0.29, 0.717) is 25.8 Å². The van der Waals surface area contributed by atoms with Crippen molar-refractivity contribution in [3.05, 3.63) is 71.9 Å². The van der Waals surface area contributed by atoms with Crippen molar-refractivity contribution < 1.29 is 9.18 Å². The summed E-state index contributed by atoms with van der Waals surface area (Å²) < 4.78 is 15.0. The molecule has 3 rings (SSSR count). The lowest BCUT2D eigenvalue weighted by atomic mass is 10.1. The van der Waals surface area contributed by atoms with Crippen LogP contribution >= 0.6 is 0 Å². The first kappa shape index (κ1) is 15.2. The minimum absolute atomic E-state index is 0.0296. The summed E-state index contributed by atoms with van der Waals surface area (Å²) in [7, 11) is 0. The summed E-state index contributed by atoms with van der Waals surface area (Å²) in [5, 5.41) is 2.88. The summed E-state index contributed by atoms with van der Waals surface area (Å²) in [5.74, 6) is -0.298. The van der Waals surface area contributed by atoms with E-state index in [1.165, 1.54) is 12.1 Å². The average molecular weight is 311 g/mol. The van der Waals surface area contributed by atoms with Crippen LogP contribution in [-0.4, -0.2) is 21.8 Å². The number of pyridine rings is 1. The number of halogens is 1. The fourth-order valence-corrected chi connectivity index (χ4v) is 2.48. The van der Waals surface area contributed by atoms with Gasteiger partial charge in [-0.15, -0.1) is 0 Å². The van der Waals surface area contributed by atoms with Gasteiger partial charge in [0.05, 0.1) is 5.69 Å². The van der Waals surface area contributed by atoms with Crippen molar-refractivity contribution in [2.24, 2.45) is 0 Å². The molecule has 5 heteroatoms. The van der Waals surface area contributed by atoms with Crippen molar-refractivity contribution in [1.82, 2.24) is 14.7 Å². The van der Waals surface area contributed by atoms with Crippen LogP contribution in [-0.2, 0) is 17.6 Å². The van der Waals surface area contributed by atoms with Gasteiger partial charge in [-0.2, -0.15) is 0 Å². The number of nitrogens with one attached hydrogen (secondary N) is 1. The summed E-state index contributed by atoms with van der Waals surface area (Å²) in [6.45, 7) is 0.547. The minimum atomic E-state index is -0.269. The molecular formula is C18H18FN3O. The SMILES string of the molecule is O=C(CCc1cccc(F)c1)NCCc1cn2ccccc2n1. The largest absolute Gasteiger partial charge is 0.356 e. The third-order valence-corrected chi connectivity index (χ3v) is 3.65. The molecule has 0 unspecified atom stereocenters. The molecule has 0 aliphatic rings. The number of aryl methyl sites for hydroxylation is 1. The van der Waals surface area contributed by atoms with Crippen molar-refractivity contribution in [2.45, 2.75) is 19.3 Å². The van der Waals surface area contributed by atoms with E-state index < -0.39 is 0 Å². The van der Waals surface area contributed by atoms with Gasteiger partial charge in [0.1, 0.15) is 11.5 Å². The first-order valence-corrected chi connectivity index (χ1v) is 7.64. The molecule has 2 heterocycles. The molecule has 0 saturated heterocycles. The molecule has 3 aromatic rings. The Balaban J connectivity index is 1.44. The van der Waals surface area contributed by atoms with E-state index in [1.54, 1.807) is 6.07 Å². The van der Waals surface area contributed by atoms with Crippen LogP contribution in [0.2, 0.25) is 0 Å². The number of imidazole rings is 1. The maximum absolute atomic E-state index is 13.1. The number of carbonyl (C=O) groups excluding carboxylic acids is 1. The van der Waals surface area contributed by atoms with Gasteiger partial charge in [-0.1, -0.05) is 18.2 Å². The van der Waals surface area contributed by atoms with Crippen LogP contribution in [0.1, 0.15) is 17.7 Å². The Kier molecular flexibility index (Phi) is 4.66. The van der Waals surface area contributed by atoms with E-state index in [1.807, 2.05) is 41.1 Å². The molecular weight excluding hydrogens is 293 g/mol. The highest BCUT2D eigenvalue weighted by atomic mass is 19.1. The maximum atomic E-state index is 13.1. The Morgan fingerprint density at radius 2 is 2.09 bits per heavy atom.